The number of hydrogen-bond donors (Lipinski definition) is 4. The summed E-state index contributed by atoms with van der Waals surface area (Å²) in [5.74, 6) is 0.271. The molecule has 1 rings (SSSR count). The fourth-order valence-electron chi connectivity index (χ4n) is 2.15. The lowest BCUT2D eigenvalue weighted by molar-refractivity contribution is -0.123. The molecule has 0 radical (unpaired) electrons. The Bertz CT molecular complexity index is 554. The van der Waals surface area contributed by atoms with Crippen LogP contribution in [0.5, 0.6) is 0 Å². The number of amides is 2. The van der Waals surface area contributed by atoms with Gasteiger partial charge in [0, 0.05) is 17.9 Å². The number of carbonyl (C=O) groups excluding carboxylic acids is 2. The molecular weight excluding hydrogens is 342 g/mol. The highest BCUT2D eigenvalue weighted by atomic mass is 32.2. The van der Waals surface area contributed by atoms with Crippen LogP contribution in [0, 0.1) is 0 Å². The van der Waals surface area contributed by atoms with Crippen LogP contribution in [0.2, 0.25) is 0 Å². The molecule has 1 unspecified atom stereocenters. The first kappa shape index (κ1) is 21.0. The Hall–Kier alpha value is -2.06. The summed E-state index contributed by atoms with van der Waals surface area (Å²) < 4.78 is 3.17. The van der Waals surface area contributed by atoms with Crippen LogP contribution in [-0.2, 0) is 4.79 Å². The highest BCUT2D eigenvalue weighted by Crippen LogP contribution is 2.03. The second-order valence-corrected chi connectivity index (χ2v) is 6.49. The maximum Gasteiger partial charge on any atom is 0.405 e. The Labute approximate surface area is 152 Å². The van der Waals surface area contributed by atoms with Gasteiger partial charge in [0.2, 0.25) is 5.91 Å². The zero-order chi connectivity index (χ0) is 18.5. The topological polar surface area (TPSA) is 108 Å². The van der Waals surface area contributed by atoms with Gasteiger partial charge in [-0.1, -0.05) is 49.2 Å². The van der Waals surface area contributed by atoms with Crippen molar-refractivity contribution >= 4 is 29.7 Å². The molecule has 0 saturated heterocycles. The van der Waals surface area contributed by atoms with Gasteiger partial charge in [0.05, 0.1) is 6.54 Å². The van der Waals surface area contributed by atoms with Gasteiger partial charge in [0.15, 0.2) is 5.78 Å². The lowest BCUT2D eigenvalue weighted by Gasteiger charge is -2.16. The van der Waals surface area contributed by atoms with E-state index in [4.69, 9.17) is 5.11 Å². The molecule has 1 aromatic carbocycles. The van der Waals surface area contributed by atoms with Gasteiger partial charge in [0.25, 0.3) is 0 Å². The maximum atomic E-state index is 12.2. The largest absolute Gasteiger partial charge is 0.465 e. The number of hydrogen-bond acceptors (Lipinski definition) is 5. The van der Waals surface area contributed by atoms with Crippen molar-refractivity contribution in [3.05, 3.63) is 35.9 Å². The number of nitrogens with one attached hydrogen (secondary N) is 3. The first-order valence-electron chi connectivity index (χ1n) is 8.24. The molecule has 25 heavy (non-hydrogen) atoms. The van der Waals surface area contributed by atoms with Crippen molar-refractivity contribution < 1.29 is 19.5 Å². The van der Waals surface area contributed by atoms with Crippen molar-refractivity contribution in [3.63, 3.8) is 0 Å². The fraction of sp³-hybridized carbons (Fsp3) is 0.471. The minimum absolute atomic E-state index is 0.157. The minimum Gasteiger partial charge on any atom is -0.465 e. The Morgan fingerprint density at radius 2 is 1.88 bits per heavy atom. The molecule has 4 N–H and O–H groups in total. The van der Waals surface area contributed by atoms with E-state index in [1.807, 2.05) is 6.92 Å². The molecule has 1 atom stereocenters. The van der Waals surface area contributed by atoms with Gasteiger partial charge in [-0.05, 0) is 19.3 Å². The Kier molecular flexibility index (Phi) is 10.3. The third kappa shape index (κ3) is 9.11. The molecule has 8 heteroatoms. The number of ketones is 1. The predicted octanol–water partition coefficient (Wildman–Crippen LogP) is 2.05. The molecule has 0 aromatic heterocycles. The van der Waals surface area contributed by atoms with E-state index in [1.54, 1.807) is 42.3 Å². The van der Waals surface area contributed by atoms with Crippen molar-refractivity contribution in [3.8, 4) is 0 Å². The van der Waals surface area contributed by atoms with Crippen molar-refractivity contribution in [2.24, 2.45) is 0 Å². The number of benzene rings is 1. The van der Waals surface area contributed by atoms with Gasteiger partial charge in [-0.2, -0.15) is 0 Å². The summed E-state index contributed by atoms with van der Waals surface area (Å²) in [6.07, 6.45) is 0.661. The first-order valence-corrected chi connectivity index (χ1v) is 9.23. The van der Waals surface area contributed by atoms with Crippen LogP contribution in [0.25, 0.3) is 0 Å². The molecule has 1 aromatic rings. The average Bonchev–Trinajstić information content (AvgIpc) is 2.61. The molecule has 0 heterocycles. The number of carbonyl (C=O) groups is 3. The summed E-state index contributed by atoms with van der Waals surface area (Å²) in [6.45, 7) is 2.69. The van der Waals surface area contributed by atoms with E-state index in [0.717, 1.165) is 18.7 Å². The summed E-state index contributed by atoms with van der Waals surface area (Å²) in [5.41, 5.74) is 0.505. The zero-order valence-corrected chi connectivity index (χ0v) is 15.1. The first-order chi connectivity index (χ1) is 12.0. The van der Waals surface area contributed by atoms with E-state index in [9.17, 15) is 14.4 Å². The minimum atomic E-state index is -1.26. The number of unbranched alkanes of at least 4 members (excludes halogenated alkanes) is 1. The van der Waals surface area contributed by atoms with Gasteiger partial charge >= 0.3 is 6.09 Å². The van der Waals surface area contributed by atoms with Crippen molar-refractivity contribution in [2.45, 2.75) is 32.2 Å². The van der Waals surface area contributed by atoms with Crippen LogP contribution in [0.1, 0.15) is 36.5 Å². The van der Waals surface area contributed by atoms with Gasteiger partial charge in [-0.3, -0.25) is 14.3 Å². The van der Waals surface area contributed by atoms with Crippen molar-refractivity contribution in [2.75, 3.05) is 18.8 Å². The Balaban J connectivity index is 2.41. The van der Waals surface area contributed by atoms with Crippen LogP contribution < -0.4 is 15.4 Å². The normalized spacial score (nSPS) is 11.6. The van der Waals surface area contributed by atoms with Crippen molar-refractivity contribution in [1.29, 1.82) is 0 Å². The molecule has 0 bridgehead atoms. The second kappa shape index (κ2) is 12.3. The third-order valence-corrected chi connectivity index (χ3v) is 4.10. The third-order valence-electron chi connectivity index (χ3n) is 3.40. The lowest BCUT2D eigenvalue weighted by Crippen LogP contribution is -2.47. The quantitative estimate of drug-likeness (QED) is 0.256. The highest BCUT2D eigenvalue weighted by molar-refractivity contribution is 7.97. The summed E-state index contributed by atoms with van der Waals surface area (Å²) in [7, 11) is 0. The Morgan fingerprint density at radius 1 is 1.16 bits per heavy atom. The molecule has 0 spiro atoms. The van der Waals surface area contributed by atoms with Crippen LogP contribution in [-0.4, -0.2) is 47.8 Å². The molecule has 0 saturated carbocycles. The molecule has 7 nitrogen and oxygen atoms in total. The van der Waals surface area contributed by atoms with Crippen LogP contribution in [0.4, 0.5) is 4.79 Å². The fourth-order valence-corrected chi connectivity index (χ4v) is 2.65. The monoisotopic (exact) mass is 367 g/mol. The molecule has 0 aliphatic carbocycles. The summed E-state index contributed by atoms with van der Waals surface area (Å²) in [5, 5.41) is 13.6. The molecule has 2 amide bonds. The molecular formula is C17H25N3O4S. The average molecular weight is 367 g/mol. The summed E-state index contributed by atoms with van der Waals surface area (Å²) in [6, 6.07) is 7.77. The maximum absolute atomic E-state index is 12.2. The number of Topliss-reactive ketones (excluding diaryl/α,β-unsaturated/α-hetero) is 1. The lowest BCUT2D eigenvalue weighted by atomic mass is 10.1. The van der Waals surface area contributed by atoms with Crippen LogP contribution >= 0.6 is 11.9 Å². The van der Waals surface area contributed by atoms with E-state index in [2.05, 4.69) is 15.4 Å². The summed E-state index contributed by atoms with van der Waals surface area (Å²) in [4.78, 5) is 35.0. The van der Waals surface area contributed by atoms with Gasteiger partial charge in [0.1, 0.15) is 6.04 Å². The van der Waals surface area contributed by atoms with Crippen molar-refractivity contribution in [1.82, 2.24) is 15.4 Å². The van der Waals surface area contributed by atoms with Gasteiger partial charge in [-0.15, -0.1) is 0 Å². The van der Waals surface area contributed by atoms with Crippen LogP contribution in [0.3, 0.4) is 0 Å². The summed E-state index contributed by atoms with van der Waals surface area (Å²) >= 11 is 1.62. The van der Waals surface area contributed by atoms with E-state index in [1.165, 1.54) is 0 Å². The molecule has 0 aliphatic heterocycles. The van der Waals surface area contributed by atoms with Crippen LogP contribution in [0.15, 0.2) is 30.3 Å². The van der Waals surface area contributed by atoms with E-state index in [0.29, 0.717) is 18.4 Å². The van der Waals surface area contributed by atoms with E-state index in [-0.39, 0.29) is 12.3 Å². The molecule has 138 valence electrons. The van der Waals surface area contributed by atoms with Gasteiger partial charge in [-0.25, -0.2) is 4.79 Å². The second-order valence-electron chi connectivity index (χ2n) is 5.33. The zero-order valence-electron chi connectivity index (χ0n) is 14.3. The standard InChI is InChI=1S/C17H25N3O4S/c1-2-25-19-11-7-6-10-14(20-17(23)24)16(22)18-12-15(21)13-8-4-3-5-9-13/h3-5,8-9,14,19-20H,2,6-7,10-12H2,1H3,(H,18,22)(H,23,24). The number of carboxylic acid groups (broad SMARTS) is 1. The highest BCUT2D eigenvalue weighted by Gasteiger charge is 2.20. The van der Waals surface area contributed by atoms with E-state index < -0.39 is 18.0 Å². The van der Waals surface area contributed by atoms with E-state index >= 15 is 0 Å². The molecule has 0 fully saturated rings. The number of rotatable bonds is 12. The smallest absolute Gasteiger partial charge is 0.405 e. The Morgan fingerprint density at radius 3 is 2.52 bits per heavy atom. The predicted molar refractivity (Wildman–Crippen MR) is 98.7 cm³/mol. The molecule has 0 aliphatic rings. The van der Waals surface area contributed by atoms with Gasteiger partial charge < -0.3 is 15.7 Å². The SMILES string of the molecule is CCSNCCCCC(NC(=O)O)C(=O)NCC(=O)c1ccccc1.